The van der Waals surface area contributed by atoms with Gasteiger partial charge in [-0.05, 0) is 11.1 Å². The molecular formula is C22H21NO3. The van der Waals surface area contributed by atoms with Gasteiger partial charge in [-0.25, -0.2) is 4.79 Å². The zero-order valence-electron chi connectivity index (χ0n) is 14.7. The first-order valence-electron chi connectivity index (χ1n) is 8.87. The number of benzene rings is 2. The van der Waals surface area contributed by atoms with Crippen molar-refractivity contribution in [1.82, 2.24) is 4.90 Å². The van der Waals surface area contributed by atoms with Crippen LogP contribution in [0.1, 0.15) is 17.2 Å². The Labute approximate surface area is 153 Å². The van der Waals surface area contributed by atoms with Crippen LogP contribution < -0.4 is 0 Å². The molecule has 1 aliphatic carbocycles. The minimum atomic E-state index is -0.465. The van der Waals surface area contributed by atoms with Crippen LogP contribution in [-0.4, -0.2) is 36.9 Å². The van der Waals surface area contributed by atoms with Crippen molar-refractivity contribution in [3.8, 4) is 0 Å². The van der Waals surface area contributed by atoms with E-state index in [1.807, 2.05) is 60.7 Å². The highest BCUT2D eigenvalue weighted by atomic mass is 16.5. The largest absolute Gasteiger partial charge is 0.468 e. The molecule has 132 valence electrons. The van der Waals surface area contributed by atoms with Crippen LogP contribution >= 0.6 is 0 Å². The Kier molecular flexibility index (Phi) is 4.43. The van der Waals surface area contributed by atoms with Crippen LogP contribution in [0.4, 0.5) is 0 Å². The van der Waals surface area contributed by atoms with Crippen LogP contribution in [0.5, 0.6) is 0 Å². The standard InChI is InChI=1S/C22H21NO3/c1-26-22(25)20(16-10-6-3-7-11-16)23-13-17-12-18(21(24)19(17)14-23)15-8-4-2-5-9-15/h2-12,17,19-20H,13-14H2,1H3/t17?,19?,20-/m0/s1. The van der Waals surface area contributed by atoms with Gasteiger partial charge in [0.25, 0.3) is 0 Å². The van der Waals surface area contributed by atoms with Crippen molar-refractivity contribution in [2.45, 2.75) is 6.04 Å². The summed E-state index contributed by atoms with van der Waals surface area (Å²) in [5.74, 6) is -0.0362. The van der Waals surface area contributed by atoms with Crippen molar-refractivity contribution in [2.75, 3.05) is 20.2 Å². The second-order valence-electron chi connectivity index (χ2n) is 6.87. The molecule has 2 unspecified atom stereocenters. The first-order chi connectivity index (χ1) is 12.7. The second-order valence-corrected chi connectivity index (χ2v) is 6.87. The fraction of sp³-hybridized carbons (Fsp3) is 0.273. The van der Waals surface area contributed by atoms with Crippen LogP contribution in [0.3, 0.4) is 0 Å². The maximum absolute atomic E-state index is 12.9. The number of carbonyl (C=O) groups is 2. The molecule has 0 spiro atoms. The number of ketones is 1. The lowest BCUT2D eigenvalue weighted by Gasteiger charge is -2.26. The number of hydrogen-bond donors (Lipinski definition) is 0. The summed E-state index contributed by atoms with van der Waals surface area (Å²) in [6, 6.07) is 19.0. The van der Waals surface area contributed by atoms with Crippen LogP contribution in [0.15, 0.2) is 66.7 Å². The minimum absolute atomic E-state index is 0.0823. The van der Waals surface area contributed by atoms with E-state index in [1.54, 1.807) is 0 Å². The van der Waals surface area contributed by atoms with E-state index in [0.717, 1.165) is 16.7 Å². The Balaban J connectivity index is 1.60. The second kappa shape index (κ2) is 6.89. The fourth-order valence-corrected chi connectivity index (χ4v) is 4.11. The van der Waals surface area contributed by atoms with E-state index in [4.69, 9.17) is 4.74 Å². The molecule has 2 aliphatic rings. The maximum Gasteiger partial charge on any atom is 0.327 e. The van der Waals surface area contributed by atoms with Crippen molar-refractivity contribution < 1.29 is 14.3 Å². The third-order valence-electron chi connectivity index (χ3n) is 5.37. The summed E-state index contributed by atoms with van der Waals surface area (Å²) < 4.78 is 5.04. The number of allylic oxidation sites excluding steroid dienone is 1. The van der Waals surface area contributed by atoms with E-state index in [-0.39, 0.29) is 23.6 Å². The number of nitrogens with zero attached hydrogens (tertiary/aromatic N) is 1. The summed E-state index contributed by atoms with van der Waals surface area (Å²) in [6.07, 6.45) is 2.08. The zero-order valence-corrected chi connectivity index (χ0v) is 14.7. The molecule has 3 atom stereocenters. The number of carbonyl (C=O) groups excluding carboxylic acids is 2. The summed E-state index contributed by atoms with van der Waals surface area (Å²) in [5, 5.41) is 0. The summed E-state index contributed by atoms with van der Waals surface area (Å²) >= 11 is 0. The molecule has 0 aromatic heterocycles. The molecule has 0 saturated carbocycles. The molecule has 0 bridgehead atoms. The van der Waals surface area contributed by atoms with Gasteiger partial charge < -0.3 is 4.74 Å². The number of likely N-dealkylation sites (tertiary alicyclic amines) is 1. The fourth-order valence-electron chi connectivity index (χ4n) is 4.11. The summed E-state index contributed by atoms with van der Waals surface area (Å²) in [4.78, 5) is 27.4. The Bertz CT molecular complexity index is 844. The number of Topliss-reactive ketones (excluding diaryl/α,β-unsaturated/α-hetero) is 1. The Hall–Kier alpha value is -2.72. The van der Waals surface area contributed by atoms with Crippen molar-refractivity contribution in [3.05, 3.63) is 77.9 Å². The van der Waals surface area contributed by atoms with Gasteiger partial charge in [0.2, 0.25) is 0 Å². The predicted molar refractivity (Wildman–Crippen MR) is 99.2 cm³/mol. The molecule has 4 heteroatoms. The van der Waals surface area contributed by atoms with E-state index < -0.39 is 6.04 Å². The van der Waals surface area contributed by atoms with Crippen LogP contribution in [0, 0.1) is 11.8 Å². The van der Waals surface area contributed by atoms with Gasteiger partial charge in [0, 0.05) is 30.5 Å². The number of fused-ring (bicyclic) bond motifs is 1. The quantitative estimate of drug-likeness (QED) is 0.798. The normalized spacial score (nSPS) is 23.4. The molecule has 4 nitrogen and oxygen atoms in total. The van der Waals surface area contributed by atoms with E-state index in [9.17, 15) is 9.59 Å². The number of methoxy groups -OCH3 is 1. The molecule has 2 aromatic rings. The summed E-state index contributed by atoms with van der Waals surface area (Å²) in [7, 11) is 1.41. The number of hydrogen-bond acceptors (Lipinski definition) is 4. The van der Waals surface area contributed by atoms with Gasteiger partial charge in [0.1, 0.15) is 6.04 Å². The lowest BCUT2D eigenvalue weighted by atomic mass is 9.97. The molecule has 1 heterocycles. The van der Waals surface area contributed by atoms with Crippen LogP contribution in [0.2, 0.25) is 0 Å². The van der Waals surface area contributed by atoms with E-state index in [2.05, 4.69) is 11.0 Å². The van der Waals surface area contributed by atoms with Gasteiger partial charge in [-0.3, -0.25) is 9.69 Å². The molecule has 0 N–H and O–H groups in total. The van der Waals surface area contributed by atoms with E-state index in [1.165, 1.54) is 7.11 Å². The third kappa shape index (κ3) is 2.86. The van der Waals surface area contributed by atoms with Gasteiger partial charge in [-0.1, -0.05) is 66.7 Å². The van der Waals surface area contributed by atoms with Crippen molar-refractivity contribution in [3.63, 3.8) is 0 Å². The molecule has 1 fully saturated rings. The molecular weight excluding hydrogens is 326 g/mol. The maximum atomic E-state index is 12.9. The molecule has 1 saturated heterocycles. The van der Waals surface area contributed by atoms with E-state index >= 15 is 0 Å². The highest BCUT2D eigenvalue weighted by molar-refractivity contribution is 6.24. The number of rotatable bonds is 4. The number of ether oxygens (including phenoxy) is 1. The SMILES string of the molecule is COC(=O)[C@H](c1ccccc1)N1CC2C=C(c3ccccc3)C(=O)C2C1. The average Bonchev–Trinajstić information content (AvgIpc) is 3.23. The van der Waals surface area contributed by atoms with Crippen LogP contribution in [-0.2, 0) is 14.3 Å². The molecule has 1 aliphatic heterocycles. The molecule has 26 heavy (non-hydrogen) atoms. The highest BCUT2D eigenvalue weighted by Gasteiger charge is 2.46. The molecule has 4 rings (SSSR count). The Morgan fingerprint density at radius 2 is 1.69 bits per heavy atom. The highest BCUT2D eigenvalue weighted by Crippen LogP contribution is 2.41. The molecule has 0 radical (unpaired) electrons. The minimum Gasteiger partial charge on any atom is -0.468 e. The monoisotopic (exact) mass is 347 g/mol. The number of esters is 1. The van der Waals surface area contributed by atoms with Gasteiger partial charge >= 0.3 is 5.97 Å². The van der Waals surface area contributed by atoms with Crippen molar-refractivity contribution >= 4 is 17.3 Å². The predicted octanol–water partition coefficient (Wildman–Crippen LogP) is 3.12. The smallest absolute Gasteiger partial charge is 0.327 e. The summed E-state index contributed by atoms with van der Waals surface area (Å²) in [5.41, 5.74) is 2.69. The molecule has 2 aromatic carbocycles. The first-order valence-corrected chi connectivity index (χ1v) is 8.87. The van der Waals surface area contributed by atoms with Gasteiger partial charge in [0.15, 0.2) is 5.78 Å². The average molecular weight is 347 g/mol. The third-order valence-corrected chi connectivity index (χ3v) is 5.37. The molecule has 0 amide bonds. The lowest BCUT2D eigenvalue weighted by Crippen LogP contribution is -2.34. The van der Waals surface area contributed by atoms with Crippen LogP contribution in [0.25, 0.3) is 5.57 Å². The topological polar surface area (TPSA) is 46.6 Å². The Morgan fingerprint density at radius 1 is 1.04 bits per heavy atom. The van der Waals surface area contributed by atoms with Gasteiger partial charge in [-0.2, -0.15) is 0 Å². The van der Waals surface area contributed by atoms with Gasteiger partial charge in [-0.15, -0.1) is 0 Å². The lowest BCUT2D eigenvalue weighted by molar-refractivity contribution is -0.147. The zero-order chi connectivity index (χ0) is 18.1. The van der Waals surface area contributed by atoms with Gasteiger partial charge in [0.05, 0.1) is 7.11 Å². The Morgan fingerprint density at radius 3 is 2.31 bits per heavy atom. The van der Waals surface area contributed by atoms with E-state index in [0.29, 0.717) is 13.1 Å². The van der Waals surface area contributed by atoms with Crippen molar-refractivity contribution in [1.29, 1.82) is 0 Å². The summed E-state index contributed by atoms with van der Waals surface area (Å²) in [6.45, 7) is 1.26. The first kappa shape index (κ1) is 16.7. The van der Waals surface area contributed by atoms with Crippen molar-refractivity contribution in [2.24, 2.45) is 11.8 Å².